The van der Waals surface area contributed by atoms with Crippen molar-refractivity contribution in [2.24, 2.45) is 0 Å². The molecule has 0 spiro atoms. The summed E-state index contributed by atoms with van der Waals surface area (Å²) in [6, 6.07) is 15.2. The van der Waals surface area contributed by atoms with Crippen LogP contribution in [0.4, 0.5) is 11.4 Å². The second kappa shape index (κ2) is 8.41. The Labute approximate surface area is 158 Å². The van der Waals surface area contributed by atoms with Crippen molar-refractivity contribution in [1.82, 2.24) is 4.90 Å². The van der Waals surface area contributed by atoms with Gasteiger partial charge in [-0.05, 0) is 55.7 Å². The highest BCUT2D eigenvalue weighted by Gasteiger charge is 2.19. The summed E-state index contributed by atoms with van der Waals surface area (Å²) in [5.41, 5.74) is 10.5. The molecule has 26 heavy (non-hydrogen) atoms. The van der Waals surface area contributed by atoms with E-state index in [9.17, 15) is 4.79 Å². The molecule has 1 fully saturated rings. The number of benzene rings is 2. The number of nitrogens with two attached hydrogens (primary N) is 1. The molecule has 1 amide bonds. The second-order valence-electron chi connectivity index (χ2n) is 7.17. The van der Waals surface area contributed by atoms with E-state index in [2.05, 4.69) is 54.0 Å². The second-order valence-corrected chi connectivity index (χ2v) is 8.93. The minimum absolute atomic E-state index is 0.330. The molecule has 4 nitrogen and oxygen atoms in total. The lowest BCUT2D eigenvalue weighted by Gasteiger charge is -2.24. The Morgan fingerprint density at radius 2 is 1.81 bits per heavy atom. The van der Waals surface area contributed by atoms with Gasteiger partial charge in [-0.3, -0.25) is 4.79 Å². The SMILES string of the molecule is Cc1cccc([SiH2]CC(=O)N2CCCN(c3ccc(N)cc3)CC2)c1C. The first-order chi connectivity index (χ1) is 12.5. The molecule has 3 rings (SSSR count). The summed E-state index contributed by atoms with van der Waals surface area (Å²) in [6.07, 6.45) is 1.02. The average molecular weight is 368 g/mol. The molecule has 1 heterocycles. The quantitative estimate of drug-likeness (QED) is 0.663. The molecule has 1 aliphatic heterocycles. The summed E-state index contributed by atoms with van der Waals surface area (Å²) in [5, 5.41) is 1.43. The molecule has 0 atom stereocenters. The number of hydrogen-bond donors (Lipinski definition) is 1. The van der Waals surface area contributed by atoms with Gasteiger partial charge in [0.25, 0.3) is 0 Å². The van der Waals surface area contributed by atoms with E-state index in [1.165, 1.54) is 22.0 Å². The predicted molar refractivity (Wildman–Crippen MR) is 113 cm³/mol. The monoisotopic (exact) mass is 367 g/mol. The molecule has 1 saturated heterocycles. The number of aryl methyl sites for hydroxylation is 1. The van der Waals surface area contributed by atoms with Crippen molar-refractivity contribution in [2.75, 3.05) is 36.8 Å². The van der Waals surface area contributed by atoms with Crippen molar-refractivity contribution in [2.45, 2.75) is 26.3 Å². The van der Waals surface area contributed by atoms with Gasteiger partial charge in [-0.25, -0.2) is 0 Å². The molecule has 2 aromatic carbocycles. The zero-order chi connectivity index (χ0) is 18.5. The highest BCUT2D eigenvalue weighted by molar-refractivity contribution is 6.57. The fourth-order valence-corrected chi connectivity index (χ4v) is 5.35. The molecule has 0 bridgehead atoms. The van der Waals surface area contributed by atoms with Gasteiger partial charge in [0.15, 0.2) is 0 Å². The van der Waals surface area contributed by atoms with Crippen LogP contribution in [0.25, 0.3) is 0 Å². The van der Waals surface area contributed by atoms with Gasteiger partial charge < -0.3 is 15.5 Å². The Morgan fingerprint density at radius 1 is 1.04 bits per heavy atom. The van der Waals surface area contributed by atoms with Crippen LogP contribution in [-0.2, 0) is 4.79 Å². The number of carbonyl (C=O) groups is 1. The standard InChI is InChI=1S/C21H29N3OSi/c1-16-5-3-6-20(17(16)2)26-15-21(25)24-12-4-11-23(13-14-24)19-9-7-18(22)8-10-19/h3,5-10H,4,11-15,22,26H2,1-2H3. The Hall–Kier alpha value is -2.27. The van der Waals surface area contributed by atoms with Crippen LogP contribution in [0.15, 0.2) is 42.5 Å². The Kier molecular flexibility index (Phi) is 5.99. The summed E-state index contributed by atoms with van der Waals surface area (Å²) < 4.78 is 0. The smallest absolute Gasteiger partial charge is 0.219 e. The number of rotatable bonds is 4. The van der Waals surface area contributed by atoms with Crippen LogP contribution in [0.1, 0.15) is 17.5 Å². The van der Waals surface area contributed by atoms with E-state index in [4.69, 9.17) is 5.73 Å². The van der Waals surface area contributed by atoms with E-state index in [1.807, 2.05) is 12.1 Å². The van der Waals surface area contributed by atoms with Gasteiger partial charge in [-0.1, -0.05) is 23.4 Å². The highest BCUT2D eigenvalue weighted by atomic mass is 28.2. The van der Waals surface area contributed by atoms with Crippen LogP contribution >= 0.6 is 0 Å². The van der Waals surface area contributed by atoms with Crippen molar-refractivity contribution in [3.05, 3.63) is 53.6 Å². The van der Waals surface area contributed by atoms with Crippen molar-refractivity contribution >= 4 is 32.0 Å². The molecule has 138 valence electrons. The summed E-state index contributed by atoms with van der Waals surface area (Å²) >= 11 is 0. The summed E-state index contributed by atoms with van der Waals surface area (Å²) in [6.45, 7) is 7.88. The van der Waals surface area contributed by atoms with E-state index in [0.717, 1.165) is 44.3 Å². The topological polar surface area (TPSA) is 49.6 Å². The van der Waals surface area contributed by atoms with Gasteiger partial charge in [0, 0.05) is 43.6 Å². The number of anilines is 2. The van der Waals surface area contributed by atoms with Gasteiger partial charge in [0.2, 0.25) is 5.91 Å². The number of nitrogens with zero attached hydrogens (tertiary/aromatic N) is 2. The molecular formula is C21H29N3OSi. The van der Waals surface area contributed by atoms with Crippen LogP contribution in [-0.4, -0.2) is 46.5 Å². The maximum Gasteiger partial charge on any atom is 0.219 e. The maximum absolute atomic E-state index is 12.7. The molecule has 0 radical (unpaired) electrons. The van der Waals surface area contributed by atoms with E-state index < -0.39 is 9.52 Å². The third kappa shape index (κ3) is 4.46. The first kappa shape index (κ1) is 18.5. The summed E-state index contributed by atoms with van der Waals surface area (Å²) in [4.78, 5) is 17.2. The zero-order valence-electron chi connectivity index (χ0n) is 15.9. The fourth-order valence-electron chi connectivity index (χ4n) is 3.59. The molecule has 0 aliphatic carbocycles. The fraction of sp³-hybridized carbons (Fsp3) is 0.381. The van der Waals surface area contributed by atoms with Crippen molar-refractivity contribution in [3.63, 3.8) is 0 Å². The van der Waals surface area contributed by atoms with Gasteiger partial charge in [-0.2, -0.15) is 0 Å². The van der Waals surface area contributed by atoms with E-state index in [-0.39, 0.29) is 0 Å². The molecule has 2 aromatic rings. The molecule has 0 unspecified atom stereocenters. The Morgan fingerprint density at radius 3 is 2.58 bits per heavy atom. The lowest BCUT2D eigenvalue weighted by Crippen LogP contribution is -2.36. The van der Waals surface area contributed by atoms with Gasteiger partial charge >= 0.3 is 0 Å². The van der Waals surface area contributed by atoms with Gasteiger partial charge in [0.1, 0.15) is 0 Å². The highest BCUT2D eigenvalue weighted by Crippen LogP contribution is 2.18. The van der Waals surface area contributed by atoms with Gasteiger partial charge in [-0.15, -0.1) is 0 Å². The maximum atomic E-state index is 12.7. The summed E-state index contributed by atoms with van der Waals surface area (Å²) in [7, 11) is -0.553. The van der Waals surface area contributed by atoms with Crippen LogP contribution in [0.3, 0.4) is 0 Å². The first-order valence-corrected chi connectivity index (χ1v) is 11.2. The molecule has 1 aliphatic rings. The van der Waals surface area contributed by atoms with E-state index in [0.29, 0.717) is 5.91 Å². The first-order valence-electron chi connectivity index (χ1n) is 9.48. The minimum Gasteiger partial charge on any atom is -0.399 e. The normalized spacial score (nSPS) is 15.5. The molecule has 5 heteroatoms. The zero-order valence-corrected chi connectivity index (χ0v) is 17.3. The van der Waals surface area contributed by atoms with Crippen molar-refractivity contribution < 1.29 is 4.79 Å². The largest absolute Gasteiger partial charge is 0.399 e. The predicted octanol–water partition coefficient (Wildman–Crippen LogP) is 1.84. The average Bonchev–Trinajstić information content (AvgIpc) is 2.90. The molecular weight excluding hydrogens is 338 g/mol. The van der Waals surface area contributed by atoms with Crippen molar-refractivity contribution in [3.8, 4) is 0 Å². The molecule has 0 aromatic heterocycles. The number of hydrogen-bond acceptors (Lipinski definition) is 3. The lowest BCUT2D eigenvalue weighted by molar-refractivity contribution is -0.128. The van der Waals surface area contributed by atoms with E-state index >= 15 is 0 Å². The lowest BCUT2D eigenvalue weighted by atomic mass is 10.1. The molecule has 2 N–H and O–H groups in total. The summed E-state index contributed by atoms with van der Waals surface area (Å²) in [5.74, 6) is 0.330. The number of carbonyl (C=O) groups excluding carboxylic acids is 1. The van der Waals surface area contributed by atoms with Crippen LogP contribution in [0, 0.1) is 13.8 Å². The van der Waals surface area contributed by atoms with Gasteiger partial charge in [0.05, 0.1) is 9.52 Å². The minimum atomic E-state index is -0.553. The van der Waals surface area contributed by atoms with Crippen molar-refractivity contribution in [1.29, 1.82) is 0 Å². The third-order valence-corrected chi connectivity index (χ3v) is 7.41. The van der Waals surface area contributed by atoms with E-state index in [1.54, 1.807) is 0 Å². The number of nitrogen functional groups attached to an aromatic ring is 1. The number of amides is 1. The Balaban J connectivity index is 1.55. The van der Waals surface area contributed by atoms with Crippen LogP contribution < -0.4 is 15.8 Å². The van der Waals surface area contributed by atoms with Crippen LogP contribution in [0.5, 0.6) is 0 Å². The Bertz CT molecular complexity index is 760. The van der Waals surface area contributed by atoms with Crippen LogP contribution in [0.2, 0.25) is 6.04 Å². The molecule has 0 saturated carbocycles. The third-order valence-electron chi connectivity index (χ3n) is 5.43.